The molecule has 0 aliphatic carbocycles. The number of esters is 1. The fraction of sp³-hybridized carbons (Fsp3) is 0.118. The van der Waals surface area contributed by atoms with Gasteiger partial charge in [0.2, 0.25) is 0 Å². The molecule has 1 heterocycles. The van der Waals surface area contributed by atoms with Crippen LogP contribution in [0.15, 0.2) is 44.1 Å². The van der Waals surface area contributed by atoms with Crippen LogP contribution in [0.1, 0.15) is 21.7 Å². The molecule has 0 unspecified atom stereocenters. The molecule has 0 amide bonds. The van der Waals surface area contributed by atoms with Crippen LogP contribution in [0.2, 0.25) is 0 Å². The molecule has 2 N–H and O–H groups in total. The number of aryl methyl sites for hydroxylation is 1. The highest BCUT2D eigenvalue weighted by Gasteiger charge is 2.15. The number of rotatable bonds is 3. The molecule has 3 aromatic rings. The van der Waals surface area contributed by atoms with Gasteiger partial charge in [0.25, 0.3) is 5.56 Å². The molecule has 0 radical (unpaired) electrons. The summed E-state index contributed by atoms with van der Waals surface area (Å²) in [6.45, 7) is 1.58. The quantitative estimate of drug-likeness (QED) is 0.571. The highest BCUT2D eigenvalue weighted by molar-refractivity contribution is 9.11. The van der Waals surface area contributed by atoms with E-state index in [-0.39, 0.29) is 29.3 Å². The van der Waals surface area contributed by atoms with E-state index in [1.807, 2.05) is 0 Å². The minimum absolute atomic E-state index is 0.0632. The molecular formula is C17H12Br2N2O4. The molecule has 0 bridgehead atoms. The van der Waals surface area contributed by atoms with Gasteiger partial charge in [-0.05, 0) is 47.1 Å². The molecule has 8 heteroatoms. The Morgan fingerprint density at radius 3 is 2.80 bits per heavy atom. The van der Waals surface area contributed by atoms with Crippen LogP contribution in [0.3, 0.4) is 0 Å². The molecule has 2 aromatic carbocycles. The molecule has 0 atom stereocenters. The number of nitrogens with zero attached hydrogens (tertiary/aromatic N) is 1. The zero-order valence-electron chi connectivity index (χ0n) is 13.0. The number of aromatic amines is 1. The zero-order chi connectivity index (χ0) is 18.1. The molecule has 0 saturated carbocycles. The standard InChI is InChI=1S/C17H12Br2N2O4/c1-8-2-3-13(22)10(4-8)17(24)25-7-14-20-15-11(16(23)21-14)5-9(18)6-12(15)19/h2-6,22H,7H2,1H3,(H,20,21,23). The van der Waals surface area contributed by atoms with E-state index in [0.29, 0.717) is 15.4 Å². The van der Waals surface area contributed by atoms with Crippen molar-refractivity contribution >= 4 is 48.7 Å². The number of aromatic hydroxyl groups is 1. The van der Waals surface area contributed by atoms with E-state index >= 15 is 0 Å². The number of halogens is 2. The van der Waals surface area contributed by atoms with Gasteiger partial charge in [0, 0.05) is 8.95 Å². The molecule has 0 fully saturated rings. The first kappa shape index (κ1) is 17.6. The number of hydrogen-bond donors (Lipinski definition) is 2. The minimum atomic E-state index is -0.696. The second-order valence-corrected chi connectivity index (χ2v) is 7.16. The SMILES string of the molecule is Cc1ccc(O)c(C(=O)OCc2nc3c(Br)cc(Br)cc3c(=O)[nH]2)c1. The lowest BCUT2D eigenvalue weighted by Gasteiger charge is -2.08. The molecule has 1 aromatic heterocycles. The van der Waals surface area contributed by atoms with E-state index in [1.54, 1.807) is 25.1 Å². The lowest BCUT2D eigenvalue weighted by molar-refractivity contribution is 0.0459. The monoisotopic (exact) mass is 466 g/mol. The van der Waals surface area contributed by atoms with Gasteiger partial charge < -0.3 is 14.8 Å². The smallest absolute Gasteiger partial charge is 0.342 e. The van der Waals surface area contributed by atoms with Crippen LogP contribution in [-0.4, -0.2) is 21.0 Å². The van der Waals surface area contributed by atoms with Crippen LogP contribution in [0.4, 0.5) is 0 Å². The summed E-state index contributed by atoms with van der Waals surface area (Å²) in [6.07, 6.45) is 0. The molecule has 128 valence electrons. The second-order valence-electron chi connectivity index (χ2n) is 5.39. The number of fused-ring (bicyclic) bond motifs is 1. The second kappa shape index (κ2) is 6.97. The predicted octanol–water partition coefficient (Wildman–Crippen LogP) is 3.82. The Labute approximate surface area is 159 Å². The third kappa shape index (κ3) is 3.74. The number of aromatic nitrogens is 2. The summed E-state index contributed by atoms with van der Waals surface area (Å²) >= 11 is 6.68. The average molecular weight is 468 g/mol. The van der Waals surface area contributed by atoms with E-state index in [2.05, 4.69) is 41.8 Å². The fourth-order valence-corrected chi connectivity index (χ4v) is 3.62. The Bertz CT molecular complexity index is 1050. The van der Waals surface area contributed by atoms with E-state index in [4.69, 9.17) is 4.74 Å². The van der Waals surface area contributed by atoms with Gasteiger partial charge in [-0.25, -0.2) is 9.78 Å². The highest BCUT2D eigenvalue weighted by Crippen LogP contribution is 2.25. The number of carbonyl (C=O) groups excluding carboxylic acids is 1. The number of nitrogens with one attached hydrogen (secondary N) is 1. The summed E-state index contributed by atoms with van der Waals surface area (Å²) in [4.78, 5) is 31.2. The molecule has 6 nitrogen and oxygen atoms in total. The van der Waals surface area contributed by atoms with E-state index < -0.39 is 5.97 Å². The average Bonchev–Trinajstić information content (AvgIpc) is 2.56. The van der Waals surface area contributed by atoms with Crippen LogP contribution in [-0.2, 0) is 11.3 Å². The third-order valence-corrected chi connectivity index (χ3v) is 4.55. The first-order chi connectivity index (χ1) is 11.8. The first-order valence-corrected chi connectivity index (χ1v) is 8.78. The minimum Gasteiger partial charge on any atom is -0.507 e. The molecule has 0 spiro atoms. The van der Waals surface area contributed by atoms with Crippen molar-refractivity contribution in [2.75, 3.05) is 0 Å². The topological polar surface area (TPSA) is 92.3 Å². The van der Waals surface area contributed by atoms with Crippen molar-refractivity contribution in [2.45, 2.75) is 13.5 Å². The summed E-state index contributed by atoms with van der Waals surface area (Å²) < 4.78 is 6.55. The van der Waals surface area contributed by atoms with Crippen LogP contribution >= 0.6 is 31.9 Å². The maximum Gasteiger partial charge on any atom is 0.342 e. The predicted molar refractivity (Wildman–Crippen MR) is 99.7 cm³/mol. The molecule has 0 saturated heterocycles. The van der Waals surface area contributed by atoms with Crippen molar-refractivity contribution in [3.8, 4) is 5.75 Å². The zero-order valence-corrected chi connectivity index (χ0v) is 16.1. The first-order valence-electron chi connectivity index (χ1n) is 7.20. The maximum atomic E-state index is 12.2. The molecule has 3 rings (SSSR count). The Morgan fingerprint density at radius 1 is 1.28 bits per heavy atom. The number of hydrogen-bond acceptors (Lipinski definition) is 5. The van der Waals surface area contributed by atoms with Gasteiger partial charge in [0.1, 0.15) is 23.7 Å². The van der Waals surface area contributed by atoms with E-state index in [9.17, 15) is 14.7 Å². The molecule has 25 heavy (non-hydrogen) atoms. The number of phenolic OH excluding ortho intramolecular Hbond substituents is 1. The van der Waals surface area contributed by atoms with Gasteiger partial charge in [-0.1, -0.05) is 27.6 Å². The number of benzene rings is 2. The van der Waals surface area contributed by atoms with Gasteiger partial charge in [0.05, 0.1) is 10.9 Å². The number of carbonyl (C=O) groups is 1. The molecular weight excluding hydrogens is 456 g/mol. The highest BCUT2D eigenvalue weighted by atomic mass is 79.9. The largest absolute Gasteiger partial charge is 0.507 e. The van der Waals surface area contributed by atoms with Crippen molar-refractivity contribution in [3.05, 3.63) is 66.6 Å². The Hall–Kier alpha value is -2.19. The van der Waals surface area contributed by atoms with Gasteiger partial charge >= 0.3 is 5.97 Å². The number of ether oxygens (including phenoxy) is 1. The summed E-state index contributed by atoms with van der Waals surface area (Å²) in [5, 5.41) is 10.2. The third-order valence-electron chi connectivity index (χ3n) is 3.49. The van der Waals surface area contributed by atoms with Crippen molar-refractivity contribution in [1.82, 2.24) is 9.97 Å². The van der Waals surface area contributed by atoms with E-state index in [1.165, 1.54) is 12.1 Å². The van der Waals surface area contributed by atoms with Gasteiger partial charge in [-0.15, -0.1) is 0 Å². The Balaban J connectivity index is 1.87. The Kier molecular flexibility index (Phi) is 4.91. The van der Waals surface area contributed by atoms with Crippen LogP contribution in [0.25, 0.3) is 10.9 Å². The van der Waals surface area contributed by atoms with Crippen LogP contribution < -0.4 is 5.56 Å². The van der Waals surface area contributed by atoms with Gasteiger partial charge in [-0.2, -0.15) is 0 Å². The van der Waals surface area contributed by atoms with E-state index in [0.717, 1.165) is 10.0 Å². The number of phenols is 1. The van der Waals surface area contributed by atoms with Crippen LogP contribution in [0, 0.1) is 6.92 Å². The maximum absolute atomic E-state index is 12.2. The van der Waals surface area contributed by atoms with Gasteiger partial charge in [-0.3, -0.25) is 4.79 Å². The summed E-state index contributed by atoms with van der Waals surface area (Å²) in [6, 6.07) is 8.07. The summed E-state index contributed by atoms with van der Waals surface area (Å²) in [7, 11) is 0. The normalized spacial score (nSPS) is 10.8. The summed E-state index contributed by atoms with van der Waals surface area (Å²) in [5.41, 5.74) is 1.01. The van der Waals surface area contributed by atoms with Gasteiger partial charge in [0.15, 0.2) is 0 Å². The lowest BCUT2D eigenvalue weighted by atomic mass is 10.1. The fourth-order valence-electron chi connectivity index (χ4n) is 2.31. The van der Waals surface area contributed by atoms with Crippen LogP contribution in [0.5, 0.6) is 5.75 Å². The Morgan fingerprint density at radius 2 is 2.04 bits per heavy atom. The van der Waals surface area contributed by atoms with Crippen molar-refractivity contribution in [3.63, 3.8) is 0 Å². The lowest BCUT2D eigenvalue weighted by Crippen LogP contribution is -2.15. The summed E-state index contributed by atoms with van der Waals surface area (Å²) in [5.74, 6) is -0.650. The van der Waals surface area contributed by atoms with Crippen molar-refractivity contribution < 1.29 is 14.6 Å². The molecule has 0 aliphatic heterocycles. The molecule has 0 aliphatic rings. The number of H-pyrrole nitrogens is 1. The van der Waals surface area contributed by atoms with Crippen molar-refractivity contribution in [2.24, 2.45) is 0 Å². The van der Waals surface area contributed by atoms with Crippen molar-refractivity contribution in [1.29, 1.82) is 0 Å².